The summed E-state index contributed by atoms with van der Waals surface area (Å²) in [6, 6.07) is 15.3. The van der Waals surface area contributed by atoms with Crippen LogP contribution in [0.4, 0.5) is 9.52 Å². The summed E-state index contributed by atoms with van der Waals surface area (Å²) in [5.41, 5.74) is 6.87. The molecule has 1 aliphatic carbocycles. The molecule has 2 aromatic carbocycles. The van der Waals surface area contributed by atoms with Crippen molar-refractivity contribution in [1.82, 2.24) is 15.5 Å². The summed E-state index contributed by atoms with van der Waals surface area (Å²) in [4.78, 5) is 13.1. The fourth-order valence-electron chi connectivity index (χ4n) is 3.11. The van der Waals surface area contributed by atoms with Crippen molar-refractivity contribution in [3.05, 3.63) is 76.5 Å². The summed E-state index contributed by atoms with van der Waals surface area (Å²) < 4.78 is 13.2. The summed E-state index contributed by atoms with van der Waals surface area (Å²) in [7, 11) is 0. The Labute approximate surface area is 154 Å². The van der Waals surface area contributed by atoms with E-state index in [1.54, 1.807) is 12.1 Å². The first-order chi connectivity index (χ1) is 12.6. The van der Waals surface area contributed by atoms with Crippen molar-refractivity contribution in [3.8, 4) is 0 Å². The minimum absolute atomic E-state index is 0.0910. The maximum absolute atomic E-state index is 13.2. The Morgan fingerprint density at radius 2 is 1.81 bits per heavy atom. The second-order valence-corrected chi connectivity index (χ2v) is 7.43. The van der Waals surface area contributed by atoms with Crippen LogP contribution in [-0.4, -0.2) is 16.1 Å². The molecule has 5 nitrogen and oxygen atoms in total. The fourth-order valence-corrected chi connectivity index (χ4v) is 3.80. The first-order valence-electron chi connectivity index (χ1n) is 8.29. The molecule has 0 saturated heterocycles. The highest BCUT2D eigenvalue weighted by atomic mass is 32.1. The highest BCUT2D eigenvalue weighted by molar-refractivity contribution is 7.15. The second-order valence-electron chi connectivity index (χ2n) is 6.38. The standard InChI is InChI=1S/C19H17FN4OS/c20-14-8-6-13(7-9-14)19(10-11-19)17(25)22-15(12-4-2-1-3-5-12)16-23-24-18(21)26-16/h1-9,15H,10-11H2,(H2,21,24)(H,22,25)/t15-/m0/s1. The fraction of sp³-hybridized carbons (Fsp3) is 0.211. The lowest BCUT2D eigenvalue weighted by Gasteiger charge is -2.21. The zero-order chi connectivity index (χ0) is 18.1. The molecule has 3 N–H and O–H groups in total. The molecule has 1 aromatic heterocycles. The van der Waals surface area contributed by atoms with Crippen LogP contribution in [0.25, 0.3) is 0 Å². The number of nitrogens with two attached hydrogens (primary N) is 1. The molecular formula is C19H17FN4OS. The van der Waals surface area contributed by atoms with E-state index in [1.807, 2.05) is 30.3 Å². The summed E-state index contributed by atoms with van der Waals surface area (Å²) >= 11 is 1.25. The van der Waals surface area contributed by atoms with E-state index in [9.17, 15) is 9.18 Å². The Morgan fingerprint density at radius 1 is 1.12 bits per heavy atom. The lowest BCUT2D eigenvalue weighted by atomic mass is 9.94. The summed E-state index contributed by atoms with van der Waals surface area (Å²) in [6.07, 6.45) is 1.48. The van der Waals surface area contributed by atoms with Gasteiger partial charge in [0, 0.05) is 0 Å². The first kappa shape index (κ1) is 16.7. The SMILES string of the molecule is Nc1nnc([C@@H](NC(=O)C2(c3ccc(F)cc3)CC2)c2ccccc2)s1. The summed E-state index contributed by atoms with van der Waals surface area (Å²) in [5, 5.41) is 12.1. The quantitative estimate of drug-likeness (QED) is 0.725. The molecule has 1 aliphatic rings. The molecule has 132 valence electrons. The lowest BCUT2D eigenvalue weighted by Crippen LogP contribution is -2.37. The van der Waals surface area contributed by atoms with Crippen LogP contribution in [0.1, 0.15) is 35.0 Å². The number of nitrogens with zero attached hydrogens (tertiary/aromatic N) is 2. The van der Waals surface area contributed by atoms with Crippen molar-refractivity contribution in [3.63, 3.8) is 0 Å². The third kappa shape index (κ3) is 3.06. The van der Waals surface area contributed by atoms with Gasteiger partial charge in [0.1, 0.15) is 16.9 Å². The Bertz CT molecular complexity index is 922. The van der Waals surface area contributed by atoms with Crippen molar-refractivity contribution in [2.75, 3.05) is 5.73 Å². The van der Waals surface area contributed by atoms with Crippen molar-refractivity contribution in [2.45, 2.75) is 24.3 Å². The topological polar surface area (TPSA) is 80.9 Å². The van der Waals surface area contributed by atoms with Gasteiger partial charge in [-0.15, -0.1) is 10.2 Å². The predicted octanol–water partition coefficient (Wildman–Crippen LogP) is 3.20. The van der Waals surface area contributed by atoms with Gasteiger partial charge in [-0.25, -0.2) is 4.39 Å². The van der Waals surface area contributed by atoms with Crippen molar-refractivity contribution in [1.29, 1.82) is 0 Å². The number of hydrogen-bond donors (Lipinski definition) is 2. The minimum atomic E-state index is -0.600. The van der Waals surface area contributed by atoms with E-state index in [2.05, 4.69) is 15.5 Å². The molecule has 0 unspecified atom stereocenters. The molecular weight excluding hydrogens is 351 g/mol. The average molecular weight is 368 g/mol. The van der Waals surface area contributed by atoms with Gasteiger partial charge in [0.2, 0.25) is 11.0 Å². The highest BCUT2D eigenvalue weighted by Gasteiger charge is 2.51. The Hall–Kier alpha value is -2.80. The van der Waals surface area contributed by atoms with Gasteiger partial charge in [0.25, 0.3) is 0 Å². The van der Waals surface area contributed by atoms with Crippen LogP contribution in [0.3, 0.4) is 0 Å². The van der Waals surface area contributed by atoms with Crippen LogP contribution in [0, 0.1) is 5.82 Å². The van der Waals surface area contributed by atoms with Crippen molar-refractivity contribution >= 4 is 22.4 Å². The molecule has 1 amide bonds. The van der Waals surface area contributed by atoms with E-state index in [0.29, 0.717) is 10.1 Å². The molecule has 0 aliphatic heterocycles. The van der Waals surface area contributed by atoms with Crippen molar-refractivity contribution < 1.29 is 9.18 Å². The number of nitrogen functional groups attached to an aromatic ring is 1. The summed E-state index contributed by atoms with van der Waals surface area (Å²) in [5.74, 6) is -0.400. The number of carbonyl (C=O) groups excluding carboxylic acids is 1. The molecule has 1 atom stereocenters. The van der Waals surface area contributed by atoms with Gasteiger partial charge >= 0.3 is 0 Å². The number of halogens is 1. The molecule has 1 heterocycles. The minimum Gasteiger partial charge on any atom is -0.374 e. The molecule has 0 spiro atoms. The van der Waals surface area contributed by atoms with Gasteiger partial charge in [0.05, 0.1) is 5.41 Å². The molecule has 3 aromatic rings. The zero-order valence-electron chi connectivity index (χ0n) is 13.9. The third-order valence-electron chi connectivity index (χ3n) is 4.69. The Morgan fingerprint density at radius 3 is 2.38 bits per heavy atom. The van der Waals surface area contributed by atoms with E-state index in [1.165, 1.54) is 23.5 Å². The highest BCUT2D eigenvalue weighted by Crippen LogP contribution is 2.49. The molecule has 0 bridgehead atoms. The molecule has 26 heavy (non-hydrogen) atoms. The number of hydrogen-bond acceptors (Lipinski definition) is 5. The largest absolute Gasteiger partial charge is 0.374 e. The number of aromatic nitrogens is 2. The third-order valence-corrected chi connectivity index (χ3v) is 5.51. The van der Waals surface area contributed by atoms with Crippen LogP contribution >= 0.6 is 11.3 Å². The Kier molecular flexibility index (Phi) is 4.16. The molecule has 4 rings (SSSR count). The smallest absolute Gasteiger partial charge is 0.231 e. The van der Waals surface area contributed by atoms with E-state index < -0.39 is 11.5 Å². The normalized spacial score (nSPS) is 16.0. The Balaban J connectivity index is 1.63. The number of carbonyl (C=O) groups is 1. The summed E-state index contributed by atoms with van der Waals surface area (Å²) in [6.45, 7) is 0. The number of anilines is 1. The van der Waals surface area contributed by atoms with E-state index >= 15 is 0 Å². The van der Waals surface area contributed by atoms with Crippen molar-refractivity contribution in [2.24, 2.45) is 0 Å². The predicted molar refractivity (Wildman–Crippen MR) is 98.1 cm³/mol. The second kappa shape index (κ2) is 6.49. The molecule has 7 heteroatoms. The van der Waals surface area contributed by atoms with E-state index in [4.69, 9.17) is 5.73 Å². The van der Waals surface area contributed by atoms with Crippen LogP contribution in [-0.2, 0) is 10.2 Å². The first-order valence-corrected chi connectivity index (χ1v) is 9.11. The lowest BCUT2D eigenvalue weighted by molar-refractivity contribution is -0.124. The number of amides is 1. The van der Waals surface area contributed by atoms with Gasteiger partial charge in [-0.1, -0.05) is 53.8 Å². The number of rotatable bonds is 5. The van der Waals surface area contributed by atoms with Gasteiger partial charge in [0.15, 0.2) is 0 Å². The van der Waals surface area contributed by atoms with E-state index in [0.717, 1.165) is 24.0 Å². The molecule has 0 radical (unpaired) electrons. The van der Waals surface area contributed by atoms with Gasteiger partial charge in [-0.3, -0.25) is 4.79 Å². The molecule has 1 fully saturated rings. The van der Waals surface area contributed by atoms with Crippen LogP contribution < -0.4 is 11.1 Å². The van der Waals surface area contributed by atoms with Crippen LogP contribution in [0.5, 0.6) is 0 Å². The van der Waals surface area contributed by atoms with Crippen LogP contribution in [0.2, 0.25) is 0 Å². The monoisotopic (exact) mass is 368 g/mol. The van der Waals surface area contributed by atoms with Crippen LogP contribution in [0.15, 0.2) is 54.6 Å². The van der Waals surface area contributed by atoms with Gasteiger partial charge in [-0.05, 0) is 36.1 Å². The maximum Gasteiger partial charge on any atom is 0.231 e. The van der Waals surface area contributed by atoms with E-state index in [-0.39, 0.29) is 11.7 Å². The van der Waals surface area contributed by atoms with Gasteiger partial charge in [-0.2, -0.15) is 0 Å². The number of nitrogens with one attached hydrogen (secondary N) is 1. The maximum atomic E-state index is 13.2. The zero-order valence-corrected chi connectivity index (χ0v) is 14.7. The van der Waals surface area contributed by atoms with Gasteiger partial charge < -0.3 is 11.1 Å². The average Bonchev–Trinajstić information content (AvgIpc) is 3.36. The number of benzene rings is 2. The molecule has 1 saturated carbocycles.